The predicted molar refractivity (Wildman–Crippen MR) is 81.8 cm³/mol. The summed E-state index contributed by atoms with van der Waals surface area (Å²) in [5.74, 6) is -0.928. The molecule has 2 heteroatoms. The van der Waals surface area contributed by atoms with E-state index in [2.05, 4.69) is 12.1 Å². The molecule has 2 aromatic rings. The van der Waals surface area contributed by atoms with Crippen molar-refractivity contribution in [3.63, 3.8) is 0 Å². The summed E-state index contributed by atoms with van der Waals surface area (Å²) < 4.78 is 0. The third kappa shape index (κ3) is 2.97. The molecule has 0 amide bonds. The number of carboxylic acid groups (broad SMARTS) is 1. The maximum Gasteiger partial charge on any atom is 0.328 e. The van der Waals surface area contributed by atoms with Gasteiger partial charge in [-0.25, -0.2) is 4.79 Å². The second kappa shape index (κ2) is 5.74. The molecule has 0 radical (unpaired) electrons. The quantitative estimate of drug-likeness (QED) is 0.848. The third-order valence-corrected chi connectivity index (χ3v) is 3.30. The zero-order chi connectivity index (χ0) is 14.7. The molecule has 2 rings (SSSR count). The van der Waals surface area contributed by atoms with Crippen molar-refractivity contribution < 1.29 is 9.90 Å². The lowest BCUT2D eigenvalue weighted by Crippen LogP contribution is -2.00. The standard InChI is InChI=1S/C18H18O2/c1-12-9-13(2)18(14(3)10-12)16(11-17(19)20)15-7-5-4-6-8-15/h4-11H,1-3H3,(H,19,20)/b16-11+. The largest absolute Gasteiger partial charge is 0.478 e. The predicted octanol–water partition coefficient (Wildman–Crippen LogP) is 4.13. The van der Waals surface area contributed by atoms with Crippen molar-refractivity contribution in [1.82, 2.24) is 0 Å². The number of benzene rings is 2. The van der Waals surface area contributed by atoms with Gasteiger partial charge in [0, 0.05) is 6.08 Å². The number of hydrogen-bond donors (Lipinski definition) is 1. The number of hydrogen-bond acceptors (Lipinski definition) is 1. The van der Waals surface area contributed by atoms with Gasteiger partial charge in [0.05, 0.1) is 0 Å². The fourth-order valence-corrected chi connectivity index (χ4v) is 2.65. The van der Waals surface area contributed by atoms with Gasteiger partial charge in [-0.05, 0) is 48.6 Å². The number of aryl methyl sites for hydroxylation is 3. The van der Waals surface area contributed by atoms with E-state index >= 15 is 0 Å². The molecule has 0 unspecified atom stereocenters. The lowest BCUT2D eigenvalue weighted by atomic mass is 9.89. The van der Waals surface area contributed by atoms with Crippen LogP contribution in [0.3, 0.4) is 0 Å². The molecule has 0 bridgehead atoms. The second-order valence-electron chi connectivity index (χ2n) is 5.04. The van der Waals surface area contributed by atoms with E-state index in [0.29, 0.717) is 0 Å². The second-order valence-corrected chi connectivity index (χ2v) is 5.04. The maximum atomic E-state index is 11.2. The molecule has 0 saturated heterocycles. The normalized spacial score (nSPS) is 11.4. The van der Waals surface area contributed by atoms with Gasteiger partial charge in [0.15, 0.2) is 0 Å². The Morgan fingerprint density at radius 1 is 1.00 bits per heavy atom. The highest BCUT2D eigenvalue weighted by atomic mass is 16.4. The molecular formula is C18H18O2. The van der Waals surface area contributed by atoms with E-state index in [1.807, 2.05) is 51.1 Å². The maximum absolute atomic E-state index is 11.2. The van der Waals surface area contributed by atoms with Crippen LogP contribution in [0.4, 0.5) is 0 Å². The summed E-state index contributed by atoms with van der Waals surface area (Å²) >= 11 is 0. The van der Waals surface area contributed by atoms with Crippen LogP contribution in [0.1, 0.15) is 27.8 Å². The fraction of sp³-hybridized carbons (Fsp3) is 0.167. The van der Waals surface area contributed by atoms with Crippen LogP contribution in [0.15, 0.2) is 48.5 Å². The van der Waals surface area contributed by atoms with Crippen molar-refractivity contribution in [2.75, 3.05) is 0 Å². The topological polar surface area (TPSA) is 37.3 Å². The highest BCUT2D eigenvalue weighted by Crippen LogP contribution is 2.29. The molecule has 102 valence electrons. The lowest BCUT2D eigenvalue weighted by molar-refractivity contribution is -0.131. The van der Waals surface area contributed by atoms with Crippen LogP contribution in [0, 0.1) is 20.8 Å². The Hall–Kier alpha value is -2.35. The summed E-state index contributed by atoms with van der Waals surface area (Å²) in [7, 11) is 0. The summed E-state index contributed by atoms with van der Waals surface area (Å²) in [5, 5.41) is 9.17. The summed E-state index contributed by atoms with van der Waals surface area (Å²) in [5.41, 5.74) is 6.06. The van der Waals surface area contributed by atoms with E-state index in [4.69, 9.17) is 5.11 Å². The number of carboxylic acids is 1. The van der Waals surface area contributed by atoms with E-state index in [9.17, 15) is 4.79 Å². The summed E-state index contributed by atoms with van der Waals surface area (Å²) in [6, 6.07) is 13.8. The Labute approximate surface area is 119 Å². The number of rotatable bonds is 3. The van der Waals surface area contributed by atoms with Crippen LogP contribution in [-0.4, -0.2) is 11.1 Å². The average Bonchev–Trinajstić information content (AvgIpc) is 2.37. The van der Waals surface area contributed by atoms with Gasteiger partial charge in [0.1, 0.15) is 0 Å². The first-order valence-electron chi connectivity index (χ1n) is 6.57. The Balaban J connectivity index is 2.69. The Bertz CT molecular complexity index is 644. The minimum atomic E-state index is -0.928. The molecular weight excluding hydrogens is 248 g/mol. The van der Waals surface area contributed by atoms with Crippen molar-refractivity contribution in [1.29, 1.82) is 0 Å². The molecule has 0 fully saturated rings. The zero-order valence-corrected chi connectivity index (χ0v) is 12.0. The molecule has 0 atom stereocenters. The van der Waals surface area contributed by atoms with E-state index in [1.54, 1.807) is 0 Å². The van der Waals surface area contributed by atoms with Gasteiger partial charge in [-0.2, -0.15) is 0 Å². The van der Waals surface area contributed by atoms with Crippen LogP contribution in [0.25, 0.3) is 5.57 Å². The van der Waals surface area contributed by atoms with Crippen LogP contribution in [-0.2, 0) is 4.79 Å². The average molecular weight is 266 g/mol. The summed E-state index contributed by atoms with van der Waals surface area (Å²) in [4.78, 5) is 11.2. The molecule has 1 N–H and O–H groups in total. The molecule has 0 aliphatic rings. The zero-order valence-electron chi connectivity index (χ0n) is 12.0. The molecule has 20 heavy (non-hydrogen) atoms. The minimum Gasteiger partial charge on any atom is -0.478 e. The summed E-state index contributed by atoms with van der Waals surface area (Å²) in [6.07, 6.45) is 1.29. The van der Waals surface area contributed by atoms with Gasteiger partial charge in [-0.1, -0.05) is 48.0 Å². The van der Waals surface area contributed by atoms with Gasteiger partial charge in [-0.3, -0.25) is 0 Å². The molecule has 0 aliphatic heterocycles. The highest BCUT2D eigenvalue weighted by Gasteiger charge is 2.12. The van der Waals surface area contributed by atoms with Crippen molar-refractivity contribution in [3.05, 3.63) is 76.4 Å². The van der Waals surface area contributed by atoms with Gasteiger partial charge in [0.25, 0.3) is 0 Å². The molecule has 2 aromatic carbocycles. The van der Waals surface area contributed by atoms with Gasteiger partial charge < -0.3 is 5.11 Å². The highest BCUT2D eigenvalue weighted by molar-refractivity contribution is 5.96. The van der Waals surface area contributed by atoms with E-state index in [1.165, 1.54) is 11.6 Å². The van der Waals surface area contributed by atoms with Gasteiger partial charge in [-0.15, -0.1) is 0 Å². The SMILES string of the molecule is Cc1cc(C)c(/C(=C/C(=O)O)c2ccccc2)c(C)c1. The van der Waals surface area contributed by atoms with Crippen molar-refractivity contribution in [3.8, 4) is 0 Å². The molecule has 2 nitrogen and oxygen atoms in total. The first-order valence-corrected chi connectivity index (χ1v) is 6.57. The van der Waals surface area contributed by atoms with E-state index in [0.717, 1.165) is 27.8 Å². The van der Waals surface area contributed by atoms with Crippen molar-refractivity contribution in [2.24, 2.45) is 0 Å². The monoisotopic (exact) mass is 266 g/mol. The lowest BCUT2D eigenvalue weighted by Gasteiger charge is -2.15. The third-order valence-electron chi connectivity index (χ3n) is 3.30. The van der Waals surface area contributed by atoms with Crippen LogP contribution >= 0.6 is 0 Å². The Morgan fingerprint density at radius 2 is 1.55 bits per heavy atom. The minimum absolute atomic E-state index is 0.758. The first-order chi connectivity index (χ1) is 9.49. The molecule has 0 spiro atoms. The van der Waals surface area contributed by atoms with Crippen molar-refractivity contribution in [2.45, 2.75) is 20.8 Å². The molecule has 0 aliphatic carbocycles. The van der Waals surface area contributed by atoms with Gasteiger partial charge >= 0.3 is 5.97 Å². The molecule has 0 heterocycles. The van der Waals surface area contributed by atoms with Crippen molar-refractivity contribution >= 4 is 11.5 Å². The molecule has 0 aromatic heterocycles. The van der Waals surface area contributed by atoms with Gasteiger partial charge in [0.2, 0.25) is 0 Å². The Morgan fingerprint density at radius 3 is 2.05 bits per heavy atom. The van der Waals surface area contributed by atoms with Crippen LogP contribution in [0.5, 0.6) is 0 Å². The smallest absolute Gasteiger partial charge is 0.328 e. The number of aliphatic carboxylic acids is 1. The van der Waals surface area contributed by atoms with E-state index in [-0.39, 0.29) is 0 Å². The fourth-order valence-electron chi connectivity index (χ4n) is 2.65. The van der Waals surface area contributed by atoms with Crippen LogP contribution in [0.2, 0.25) is 0 Å². The number of carbonyl (C=O) groups is 1. The Kier molecular flexibility index (Phi) is 4.04. The van der Waals surface area contributed by atoms with E-state index < -0.39 is 5.97 Å². The first kappa shape index (κ1) is 14.1. The summed E-state index contributed by atoms with van der Waals surface area (Å²) in [6.45, 7) is 6.09. The van der Waals surface area contributed by atoms with Crippen LogP contribution < -0.4 is 0 Å². The molecule has 0 saturated carbocycles.